The van der Waals surface area contributed by atoms with Gasteiger partial charge in [0.2, 0.25) is 5.88 Å². The average molecular weight is 450 g/mol. The van der Waals surface area contributed by atoms with Crippen LogP contribution >= 0.6 is 0 Å². The number of nitrogens with one attached hydrogen (secondary N) is 2. The van der Waals surface area contributed by atoms with Crippen LogP contribution in [0.2, 0.25) is 0 Å². The molecule has 1 aliphatic heterocycles. The summed E-state index contributed by atoms with van der Waals surface area (Å²) in [6, 6.07) is 9.57. The molecule has 0 unspecified atom stereocenters. The molecule has 1 aromatic heterocycles. The molecule has 0 bridgehead atoms. The molecule has 0 aliphatic carbocycles. The highest BCUT2D eigenvalue weighted by molar-refractivity contribution is 5.94. The molecule has 172 valence electrons. The van der Waals surface area contributed by atoms with Crippen molar-refractivity contribution in [3.05, 3.63) is 59.3 Å². The lowest BCUT2D eigenvalue weighted by Gasteiger charge is -2.26. The SMILES string of the molecule is O=C(NCc1ccc(C(=O)N2CCCCC2)cc1)NCc1ccc(OCC(F)(F)F)nc1. The molecule has 2 heterocycles. The molecule has 0 saturated carbocycles. The number of halogens is 3. The molecule has 0 atom stereocenters. The Morgan fingerprint density at radius 1 is 0.938 bits per heavy atom. The number of nitrogens with zero attached hydrogens (tertiary/aromatic N) is 2. The molecule has 2 aromatic rings. The summed E-state index contributed by atoms with van der Waals surface area (Å²) in [5.74, 6) is -0.108. The molecule has 32 heavy (non-hydrogen) atoms. The normalized spacial score (nSPS) is 14.0. The minimum absolute atomic E-state index is 0.0328. The quantitative estimate of drug-likeness (QED) is 0.675. The van der Waals surface area contributed by atoms with E-state index in [1.807, 2.05) is 4.90 Å². The van der Waals surface area contributed by atoms with Crippen LogP contribution in [0, 0.1) is 0 Å². The first kappa shape index (κ1) is 23.4. The topological polar surface area (TPSA) is 83.6 Å². The summed E-state index contributed by atoms with van der Waals surface area (Å²) in [6.45, 7) is 0.615. The zero-order chi connectivity index (χ0) is 23.0. The van der Waals surface area contributed by atoms with Gasteiger partial charge < -0.3 is 20.3 Å². The molecule has 1 aromatic carbocycles. The number of carbonyl (C=O) groups excluding carboxylic acids is 2. The monoisotopic (exact) mass is 450 g/mol. The maximum atomic E-state index is 12.5. The van der Waals surface area contributed by atoms with Crippen LogP contribution < -0.4 is 15.4 Å². The predicted octanol–water partition coefficient (Wildman–Crippen LogP) is 3.65. The standard InChI is InChI=1S/C22H25F3N4O3/c23-22(24,25)15-32-19-9-6-17(13-26-19)14-28-21(31)27-12-16-4-7-18(8-5-16)20(30)29-10-2-1-3-11-29/h4-9,13H,1-3,10-12,14-15H2,(H2,27,28,31). The first-order chi connectivity index (χ1) is 15.3. The fraction of sp³-hybridized carbons (Fsp3) is 0.409. The van der Waals surface area contributed by atoms with E-state index >= 15 is 0 Å². The van der Waals surface area contributed by atoms with Gasteiger partial charge in [0.15, 0.2) is 6.61 Å². The number of piperidine rings is 1. The van der Waals surface area contributed by atoms with Crippen LogP contribution in [-0.4, -0.2) is 47.7 Å². The highest BCUT2D eigenvalue weighted by Crippen LogP contribution is 2.17. The lowest BCUT2D eigenvalue weighted by atomic mass is 10.1. The number of aromatic nitrogens is 1. The maximum Gasteiger partial charge on any atom is 0.422 e. The Morgan fingerprint density at radius 2 is 1.56 bits per heavy atom. The zero-order valence-corrected chi connectivity index (χ0v) is 17.5. The molecular weight excluding hydrogens is 425 g/mol. The van der Waals surface area contributed by atoms with Crippen LogP contribution in [-0.2, 0) is 13.1 Å². The van der Waals surface area contributed by atoms with Crippen molar-refractivity contribution in [1.82, 2.24) is 20.5 Å². The number of hydrogen-bond acceptors (Lipinski definition) is 4. The maximum absolute atomic E-state index is 12.5. The lowest BCUT2D eigenvalue weighted by molar-refractivity contribution is -0.154. The molecule has 0 radical (unpaired) electrons. The zero-order valence-electron chi connectivity index (χ0n) is 17.5. The van der Waals surface area contributed by atoms with E-state index in [0.29, 0.717) is 11.1 Å². The minimum atomic E-state index is -4.43. The third-order valence-corrected chi connectivity index (χ3v) is 4.93. The summed E-state index contributed by atoms with van der Waals surface area (Å²) < 4.78 is 40.9. The molecule has 2 N–H and O–H groups in total. The van der Waals surface area contributed by atoms with E-state index in [2.05, 4.69) is 20.4 Å². The van der Waals surface area contributed by atoms with E-state index in [1.54, 1.807) is 24.3 Å². The molecule has 1 fully saturated rings. The van der Waals surface area contributed by atoms with Gasteiger partial charge >= 0.3 is 12.2 Å². The highest BCUT2D eigenvalue weighted by Gasteiger charge is 2.28. The lowest BCUT2D eigenvalue weighted by Crippen LogP contribution is -2.35. The number of pyridine rings is 1. The summed E-state index contributed by atoms with van der Waals surface area (Å²) in [5.41, 5.74) is 2.10. The third-order valence-electron chi connectivity index (χ3n) is 4.93. The minimum Gasteiger partial charge on any atom is -0.468 e. The molecule has 0 spiro atoms. The number of ether oxygens (including phenoxy) is 1. The van der Waals surface area contributed by atoms with E-state index < -0.39 is 18.8 Å². The average Bonchev–Trinajstić information content (AvgIpc) is 2.80. The van der Waals surface area contributed by atoms with Gasteiger partial charge in [-0.2, -0.15) is 13.2 Å². The molecule has 3 amide bonds. The second-order valence-electron chi connectivity index (χ2n) is 7.49. The molecule has 3 rings (SSSR count). The van der Waals surface area contributed by atoms with Gasteiger partial charge in [-0.1, -0.05) is 18.2 Å². The van der Waals surface area contributed by atoms with Gasteiger partial charge in [-0.15, -0.1) is 0 Å². The van der Waals surface area contributed by atoms with Crippen molar-refractivity contribution in [2.75, 3.05) is 19.7 Å². The summed E-state index contributed by atoms with van der Waals surface area (Å²) in [6.07, 6.45) is 0.145. The Balaban J connectivity index is 1.39. The van der Waals surface area contributed by atoms with Gasteiger partial charge in [0.05, 0.1) is 0 Å². The first-order valence-electron chi connectivity index (χ1n) is 10.3. The molecule has 1 saturated heterocycles. The third kappa shape index (κ3) is 7.44. The number of hydrogen-bond donors (Lipinski definition) is 2. The van der Waals surface area contributed by atoms with E-state index in [0.717, 1.165) is 37.9 Å². The molecule has 10 heteroatoms. The Labute approximate surface area is 184 Å². The summed E-state index contributed by atoms with van der Waals surface area (Å²) in [5, 5.41) is 5.36. The first-order valence-corrected chi connectivity index (χ1v) is 10.3. The number of likely N-dealkylation sites (tertiary alicyclic amines) is 1. The van der Waals surface area contributed by atoms with E-state index in [9.17, 15) is 22.8 Å². The van der Waals surface area contributed by atoms with Gasteiger partial charge in [0.25, 0.3) is 5.91 Å². The van der Waals surface area contributed by atoms with Gasteiger partial charge in [-0.05, 0) is 42.5 Å². The summed E-state index contributed by atoms with van der Waals surface area (Å²) >= 11 is 0. The van der Waals surface area contributed by atoms with Crippen molar-refractivity contribution in [3.8, 4) is 5.88 Å². The fourth-order valence-electron chi connectivity index (χ4n) is 3.23. The fourth-order valence-corrected chi connectivity index (χ4v) is 3.23. The van der Waals surface area contributed by atoms with Crippen molar-refractivity contribution < 1.29 is 27.5 Å². The predicted molar refractivity (Wildman–Crippen MR) is 111 cm³/mol. The summed E-state index contributed by atoms with van der Waals surface area (Å²) in [4.78, 5) is 30.1. The largest absolute Gasteiger partial charge is 0.468 e. The number of carbonyl (C=O) groups is 2. The number of benzene rings is 1. The Hall–Kier alpha value is -3.30. The number of urea groups is 1. The molecule has 7 nitrogen and oxygen atoms in total. The van der Waals surface area contributed by atoms with Gasteiger partial charge in [0.1, 0.15) is 0 Å². The smallest absolute Gasteiger partial charge is 0.422 e. The van der Waals surface area contributed by atoms with Gasteiger partial charge in [0, 0.05) is 44.0 Å². The van der Waals surface area contributed by atoms with Gasteiger partial charge in [-0.3, -0.25) is 4.79 Å². The van der Waals surface area contributed by atoms with Crippen LogP contribution in [0.15, 0.2) is 42.6 Å². The van der Waals surface area contributed by atoms with Crippen molar-refractivity contribution >= 4 is 11.9 Å². The molecular formula is C22H25F3N4O3. The van der Waals surface area contributed by atoms with E-state index in [1.165, 1.54) is 18.3 Å². The van der Waals surface area contributed by atoms with Crippen molar-refractivity contribution in [2.45, 2.75) is 38.5 Å². The Kier molecular flexibility index (Phi) is 7.91. The van der Waals surface area contributed by atoms with Crippen LogP contribution in [0.4, 0.5) is 18.0 Å². The van der Waals surface area contributed by atoms with Crippen LogP contribution in [0.1, 0.15) is 40.7 Å². The van der Waals surface area contributed by atoms with Crippen LogP contribution in [0.5, 0.6) is 5.88 Å². The number of rotatable bonds is 7. The Morgan fingerprint density at radius 3 is 2.16 bits per heavy atom. The molecule has 1 aliphatic rings. The van der Waals surface area contributed by atoms with Crippen molar-refractivity contribution in [2.24, 2.45) is 0 Å². The van der Waals surface area contributed by atoms with E-state index in [-0.39, 0.29) is 24.9 Å². The van der Waals surface area contributed by atoms with Crippen molar-refractivity contribution in [3.63, 3.8) is 0 Å². The van der Waals surface area contributed by atoms with Crippen LogP contribution in [0.25, 0.3) is 0 Å². The second-order valence-corrected chi connectivity index (χ2v) is 7.49. The summed E-state index contributed by atoms with van der Waals surface area (Å²) in [7, 11) is 0. The van der Waals surface area contributed by atoms with E-state index in [4.69, 9.17) is 0 Å². The second kappa shape index (κ2) is 10.8. The highest BCUT2D eigenvalue weighted by atomic mass is 19.4. The Bertz CT molecular complexity index is 896. The van der Waals surface area contributed by atoms with Crippen molar-refractivity contribution in [1.29, 1.82) is 0 Å². The number of amides is 3. The van der Waals surface area contributed by atoms with Gasteiger partial charge in [-0.25, -0.2) is 9.78 Å². The number of alkyl halides is 3. The van der Waals surface area contributed by atoms with Crippen LogP contribution in [0.3, 0.4) is 0 Å².